The van der Waals surface area contributed by atoms with Gasteiger partial charge < -0.3 is 9.88 Å². The number of hydrogen-bond donors (Lipinski definition) is 2. The van der Waals surface area contributed by atoms with E-state index in [1.807, 2.05) is 31.4 Å². The summed E-state index contributed by atoms with van der Waals surface area (Å²) in [5.74, 6) is -0.192. The first-order chi connectivity index (χ1) is 16.8. The molecule has 0 aliphatic rings. The first kappa shape index (κ1) is 22.4. The zero-order valence-electron chi connectivity index (χ0n) is 19.2. The van der Waals surface area contributed by atoms with E-state index >= 15 is 0 Å². The number of aromatic nitrogens is 6. The molecule has 0 aliphatic heterocycles. The third-order valence-electron chi connectivity index (χ3n) is 5.43. The van der Waals surface area contributed by atoms with Crippen molar-refractivity contribution in [2.45, 2.75) is 27.3 Å². The minimum absolute atomic E-state index is 0.0267. The molecule has 0 unspecified atom stereocenters. The Labute approximate surface area is 202 Å². The van der Waals surface area contributed by atoms with Gasteiger partial charge in [-0.1, -0.05) is 6.07 Å². The lowest BCUT2D eigenvalue weighted by Crippen LogP contribution is -2.25. The highest BCUT2D eigenvalue weighted by Gasteiger charge is 2.20. The van der Waals surface area contributed by atoms with Gasteiger partial charge in [0.05, 0.1) is 10.3 Å². The Kier molecular flexibility index (Phi) is 5.61. The summed E-state index contributed by atoms with van der Waals surface area (Å²) < 4.78 is 3.12. The average Bonchev–Trinajstić information content (AvgIpc) is 3.49. The second-order valence-corrected chi connectivity index (χ2v) is 8.90. The van der Waals surface area contributed by atoms with E-state index in [0.717, 1.165) is 10.6 Å². The molecule has 0 radical (unpaired) electrons. The molecule has 0 aromatic carbocycles. The van der Waals surface area contributed by atoms with Crippen LogP contribution in [0.15, 0.2) is 57.6 Å². The summed E-state index contributed by atoms with van der Waals surface area (Å²) in [6, 6.07) is 10.3. The van der Waals surface area contributed by atoms with Crippen molar-refractivity contribution in [3.05, 3.63) is 85.5 Å². The highest BCUT2D eigenvalue weighted by Crippen LogP contribution is 2.27. The van der Waals surface area contributed by atoms with Gasteiger partial charge in [-0.3, -0.25) is 19.4 Å². The summed E-state index contributed by atoms with van der Waals surface area (Å²) in [7, 11) is 0. The molecule has 176 valence electrons. The summed E-state index contributed by atoms with van der Waals surface area (Å²) in [6.07, 6.45) is 1.51. The predicted octanol–water partition coefficient (Wildman–Crippen LogP) is 3.28. The molecular formula is C24H21N7O3S. The lowest BCUT2D eigenvalue weighted by molar-refractivity contribution is 0.102. The smallest absolute Gasteiger partial charge is 0.262 e. The molecular weight excluding hydrogens is 466 g/mol. The molecule has 0 bridgehead atoms. The number of anilines is 1. The fourth-order valence-corrected chi connectivity index (χ4v) is 4.47. The van der Waals surface area contributed by atoms with Gasteiger partial charge in [0.15, 0.2) is 0 Å². The fraction of sp³-hybridized carbons (Fsp3) is 0.167. The van der Waals surface area contributed by atoms with Crippen LogP contribution in [0.25, 0.3) is 27.6 Å². The molecule has 10 nitrogen and oxygen atoms in total. The number of pyridine rings is 2. The van der Waals surface area contributed by atoms with Crippen LogP contribution in [0, 0.1) is 13.8 Å². The van der Waals surface area contributed by atoms with Crippen LogP contribution in [-0.4, -0.2) is 35.2 Å². The Bertz CT molecular complexity index is 1700. The topological polar surface area (TPSA) is 128 Å². The summed E-state index contributed by atoms with van der Waals surface area (Å²) in [4.78, 5) is 50.9. The Morgan fingerprint density at radius 3 is 2.66 bits per heavy atom. The Hall–Kier alpha value is -4.38. The number of nitrogens with zero attached hydrogens (tertiary/aromatic N) is 5. The van der Waals surface area contributed by atoms with Crippen molar-refractivity contribution in [2.24, 2.45) is 0 Å². The molecule has 5 aromatic heterocycles. The van der Waals surface area contributed by atoms with Gasteiger partial charge in [-0.05, 0) is 44.4 Å². The molecule has 0 atom stereocenters. The number of H-pyrrole nitrogens is 1. The second kappa shape index (κ2) is 8.76. The minimum Gasteiger partial charge on any atom is -0.332 e. The monoisotopic (exact) mass is 487 g/mol. The SMILES string of the molecule is CCn1cc(C(=O)Nc2cc(-c3cccs3)nn2-c2nc(C)cc(=O)[nH]2)c(=O)c2ccc(C)nc21. The van der Waals surface area contributed by atoms with Crippen LogP contribution in [0.5, 0.6) is 0 Å². The van der Waals surface area contributed by atoms with E-state index in [0.29, 0.717) is 29.0 Å². The van der Waals surface area contributed by atoms with Crippen LogP contribution in [0.2, 0.25) is 0 Å². The summed E-state index contributed by atoms with van der Waals surface area (Å²) in [5, 5.41) is 9.62. The van der Waals surface area contributed by atoms with Gasteiger partial charge in [0.25, 0.3) is 11.5 Å². The molecule has 5 heterocycles. The largest absolute Gasteiger partial charge is 0.332 e. The van der Waals surface area contributed by atoms with Crippen molar-refractivity contribution in [2.75, 3.05) is 5.32 Å². The van der Waals surface area contributed by atoms with Gasteiger partial charge in [0.2, 0.25) is 11.4 Å². The molecule has 0 saturated heterocycles. The standard InChI is InChI=1S/C24H21N7O3S/c1-4-30-12-16(21(33)15-8-7-13(2)25-22(15)30)23(34)27-19-11-17(18-6-5-9-35-18)29-31(19)24-26-14(3)10-20(32)28-24/h5-12H,4H2,1-3H3,(H,27,34)(H,26,28,32). The van der Waals surface area contributed by atoms with Gasteiger partial charge in [-0.15, -0.1) is 11.3 Å². The molecule has 35 heavy (non-hydrogen) atoms. The third kappa shape index (κ3) is 4.17. The molecule has 0 aliphatic carbocycles. The van der Waals surface area contributed by atoms with E-state index < -0.39 is 11.3 Å². The van der Waals surface area contributed by atoms with Gasteiger partial charge in [0, 0.05) is 36.3 Å². The number of aromatic amines is 1. The molecule has 11 heteroatoms. The molecule has 0 saturated carbocycles. The van der Waals surface area contributed by atoms with E-state index in [2.05, 4.69) is 25.4 Å². The molecule has 5 aromatic rings. The Balaban J connectivity index is 1.62. The number of thiophene rings is 1. The van der Waals surface area contributed by atoms with Gasteiger partial charge in [-0.2, -0.15) is 9.78 Å². The van der Waals surface area contributed by atoms with E-state index in [-0.39, 0.29) is 22.9 Å². The lowest BCUT2D eigenvalue weighted by atomic mass is 10.1. The molecule has 1 amide bonds. The maximum atomic E-state index is 13.4. The molecule has 2 N–H and O–H groups in total. The minimum atomic E-state index is -0.603. The summed E-state index contributed by atoms with van der Waals surface area (Å²) in [6.45, 7) is 5.99. The highest BCUT2D eigenvalue weighted by molar-refractivity contribution is 7.13. The number of rotatable bonds is 5. The number of hydrogen-bond acceptors (Lipinski definition) is 7. The van der Waals surface area contributed by atoms with Crippen LogP contribution in [0.3, 0.4) is 0 Å². The first-order valence-corrected chi connectivity index (χ1v) is 11.8. The number of nitrogens with one attached hydrogen (secondary N) is 2. The van der Waals surface area contributed by atoms with Crippen LogP contribution >= 0.6 is 11.3 Å². The van der Waals surface area contributed by atoms with Gasteiger partial charge in [-0.25, -0.2) is 9.97 Å². The van der Waals surface area contributed by atoms with Crippen molar-refractivity contribution >= 4 is 34.1 Å². The Morgan fingerprint density at radius 1 is 1.11 bits per heavy atom. The second-order valence-electron chi connectivity index (χ2n) is 7.95. The number of amides is 1. The van der Waals surface area contributed by atoms with Crippen LogP contribution in [0.4, 0.5) is 5.82 Å². The zero-order valence-corrected chi connectivity index (χ0v) is 20.0. The van der Waals surface area contributed by atoms with E-state index in [1.54, 1.807) is 29.7 Å². The van der Waals surface area contributed by atoms with Crippen molar-refractivity contribution in [3.8, 4) is 16.5 Å². The number of carbonyl (C=O) groups excluding carboxylic acids is 1. The fourth-order valence-electron chi connectivity index (χ4n) is 3.79. The predicted molar refractivity (Wildman–Crippen MR) is 134 cm³/mol. The van der Waals surface area contributed by atoms with Crippen LogP contribution in [-0.2, 0) is 6.54 Å². The zero-order chi connectivity index (χ0) is 24.7. The highest BCUT2D eigenvalue weighted by atomic mass is 32.1. The van der Waals surface area contributed by atoms with Crippen LogP contribution < -0.4 is 16.3 Å². The van der Waals surface area contributed by atoms with Crippen LogP contribution in [0.1, 0.15) is 28.7 Å². The quantitative estimate of drug-likeness (QED) is 0.392. The molecule has 0 fully saturated rings. The summed E-state index contributed by atoms with van der Waals surface area (Å²) >= 11 is 1.48. The molecule has 0 spiro atoms. The lowest BCUT2D eigenvalue weighted by Gasteiger charge is -2.12. The van der Waals surface area contributed by atoms with Gasteiger partial charge in [0.1, 0.15) is 22.7 Å². The van der Waals surface area contributed by atoms with Crippen molar-refractivity contribution in [1.29, 1.82) is 0 Å². The average molecular weight is 488 g/mol. The van der Waals surface area contributed by atoms with Crippen molar-refractivity contribution < 1.29 is 4.79 Å². The maximum Gasteiger partial charge on any atom is 0.262 e. The number of fused-ring (bicyclic) bond motifs is 1. The van der Waals surface area contributed by atoms with E-state index in [4.69, 9.17) is 0 Å². The van der Waals surface area contributed by atoms with E-state index in [1.165, 1.54) is 28.3 Å². The van der Waals surface area contributed by atoms with Crippen molar-refractivity contribution in [1.82, 2.24) is 29.3 Å². The molecule has 5 rings (SSSR count). The third-order valence-corrected chi connectivity index (χ3v) is 6.32. The number of aryl methyl sites for hydroxylation is 3. The van der Waals surface area contributed by atoms with Gasteiger partial charge >= 0.3 is 0 Å². The maximum absolute atomic E-state index is 13.4. The normalized spacial score (nSPS) is 11.2. The first-order valence-electron chi connectivity index (χ1n) is 10.9. The van der Waals surface area contributed by atoms with E-state index in [9.17, 15) is 14.4 Å². The summed E-state index contributed by atoms with van der Waals surface area (Å²) in [5.41, 5.74) is 1.60. The number of carbonyl (C=O) groups is 1. The van der Waals surface area contributed by atoms with Crippen molar-refractivity contribution in [3.63, 3.8) is 0 Å². The Morgan fingerprint density at radius 2 is 1.94 bits per heavy atom.